The Morgan fingerprint density at radius 2 is 1.73 bits per heavy atom. The zero-order valence-corrected chi connectivity index (χ0v) is 17.5. The van der Waals surface area contributed by atoms with Crippen LogP contribution in [0.1, 0.15) is 29.3 Å². The van der Waals surface area contributed by atoms with E-state index < -0.39 is 0 Å². The molecular weight excluding hydrogens is 394 g/mol. The molecule has 0 saturated carbocycles. The maximum Gasteiger partial charge on any atom is 0.227 e. The van der Waals surface area contributed by atoms with E-state index in [4.69, 9.17) is 16.6 Å². The molecular formula is C25H22ClN3O. The van der Waals surface area contributed by atoms with Crippen molar-refractivity contribution in [2.45, 2.75) is 25.8 Å². The van der Waals surface area contributed by atoms with Crippen LogP contribution >= 0.6 is 11.6 Å². The lowest BCUT2D eigenvalue weighted by atomic mass is 10.1. The number of nitrogens with zero attached hydrogens (tertiary/aromatic N) is 3. The normalized spacial score (nSPS) is 16.5. The Kier molecular flexibility index (Phi) is 4.80. The van der Waals surface area contributed by atoms with Crippen LogP contribution in [0, 0.1) is 6.92 Å². The summed E-state index contributed by atoms with van der Waals surface area (Å²) < 4.78 is 2.27. The monoisotopic (exact) mass is 415 g/mol. The molecule has 0 spiro atoms. The summed E-state index contributed by atoms with van der Waals surface area (Å²) in [6.07, 6.45) is 0.458. The molecule has 1 aliphatic heterocycles. The maximum absolute atomic E-state index is 12.8. The van der Waals surface area contributed by atoms with E-state index in [1.807, 2.05) is 47.4 Å². The van der Waals surface area contributed by atoms with Gasteiger partial charge in [0, 0.05) is 36.1 Å². The summed E-state index contributed by atoms with van der Waals surface area (Å²) in [4.78, 5) is 19.6. The quantitative estimate of drug-likeness (QED) is 0.437. The molecule has 3 aromatic carbocycles. The van der Waals surface area contributed by atoms with Gasteiger partial charge in [-0.25, -0.2) is 4.98 Å². The SMILES string of the molecule is Cc1ccc(Cn2c(C3CC(=O)N(c4ccc(Cl)cc4)C3)nc3ccccc32)cc1. The van der Waals surface area contributed by atoms with Gasteiger partial charge in [-0.3, -0.25) is 4.79 Å². The van der Waals surface area contributed by atoms with Gasteiger partial charge in [0.2, 0.25) is 5.91 Å². The minimum absolute atomic E-state index is 0.0472. The second-order valence-corrected chi connectivity index (χ2v) is 8.35. The van der Waals surface area contributed by atoms with Crippen LogP contribution in [-0.4, -0.2) is 22.0 Å². The van der Waals surface area contributed by atoms with E-state index in [0.717, 1.165) is 29.1 Å². The van der Waals surface area contributed by atoms with Crippen LogP contribution in [-0.2, 0) is 11.3 Å². The Morgan fingerprint density at radius 3 is 2.50 bits per heavy atom. The number of aryl methyl sites for hydroxylation is 1. The standard InChI is InChI=1S/C25H22ClN3O/c1-17-6-8-18(9-7-17)15-29-23-5-3-2-4-22(23)27-25(29)19-14-24(30)28(16-19)21-12-10-20(26)11-13-21/h2-13,19H,14-16H2,1H3. The van der Waals surface area contributed by atoms with E-state index in [1.165, 1.54) is 11.1 Å². The third kappa shape index (κ3) is 3.48. The molecule has 150 valence electrons. The number of para-hydroxylation sites is 2. The second-order valence-electron chi connectivity index (χ2n) is 7.91. The van der Waals surface area contributed by atoms with Crippen molar-refractivity contribution in [3.63, 3.8) is 0 Å². The summed E-state index contributed by atoms with van der Waals surface area (Å²) in [5.41, 5.74) is 5.42. The molecule has 0 N–H and O–H groups in total. The van der Waals surface area contributed by atoms with Crippen LogP contribution < -0.4 is 4.90 Å². The number of rotatable bonds is 4. The van der Waals surface area contributed by atoms with Gasteiger partial charge in [-0.1, -0.05) is 53.6 Å². The van der Waals surface area contributed by atoms with Crippen LogP contribution in [0.3, 0.4) is 0 Å². The van der Waals surface area contributed by atoms with Gasteiger partial charge < -0.3 is 9.47 Å². The molecule has 1 unspecified atom stereocenters. The number of halogens is 1. The average molecular weight is 416 g/mol. The van der Waals surface area contributed by atoms with Gasteiger partial charge in [0.05, 0.1) is 11.0 Å². The zero-order valence-electron chi connectivity index (χ0n) is 16.8. The van der Waals surface area contributed by atoms with Crippen LogP contribution in [0.5, 0.6) is 0 Å². The topological polar surface area (TPSA) is 38.1 Å². The molecule has 1 aliphatic rings. The third-order valence-electron chi connectivity index (χ3n) is 5.77. The number of benzene rings is 3. The number of carbonyl (C=O) groups is 1. The van der Waals surface area contributed by atoms with Crippen LogP contribution in [0.4, 0.5) is 5.69 Å². The Morgan fingerprint density at radius 1 is 1.00 bits per heavy atom. The number of hydrogen-bond acceptors (Lipinski definition) is 2. The van der Waals surface area contributed by atoms with Gasteiger partial charge in [-0.2, -0.15) is 0 Å². The zero-order chi connectivity index (χ0) is 20.7. The van der Waals surface area contributed by atoms with Crippen molar-refractivity contribution in [3.8, 4) is 0 Å². The van der Waals surface area contributed by atoms with E-state index in [9.17, 15) is 4.79 Å². The first-order chi connectivity index (χ1) is 14.6. The van der Waals surface area contributed by atoms with E-state index in [2.05, 4.69) is 41.8 Å². The fraction of sp³-hybridized carbons (Fsp3) is 0.200. The van der Waals surface area contributed by atoms with Gasteiger partial charge in [0.1, 0.15) is 5.82 Å². The first-order valence-corrected chi connectivity index (χ1v) is 10.5. The van der Waals surface area contributed by atoms with Crippen LogP contribution in [0.15, 0.2) is 72.8 Å². The average Bonchev–Trinajstić information content (AvgIpc) is 3.31. The predicted octanol–water partition coefficient (Wildman–Crippen LogP) is 5.57. The lowest BCUT2D eigenvalue weighted by Gasteiger charge is -2.17. The van der Waals surface area contributed by atoms with Gasteiger partial charge in [-0.15, -0.1) is 0 Å². The highest BCUT2D eigenvalue weighted by Crippen LogP contribution is 2.34. The molecule has 1 atom stereocenters. The van der Waals surface area contributed by atoms with Crippen molar-refractivity contribution in [2.75, 3.05) is 11.4 Å². The van der Waals surface area contributed by atoms with Crippen molar-refractivity contribution in [1.29, 1.82) is 0 Å². The Labute approximate surface area is 180 Å². The largest absolute Gasteiger partial charge is 0.323 e. The Balaban J connectivity index is 1.51. The van der Waals surface area contributed by atoms with E-state index in [1.54, 1.807) is 0 Å². The summed E-state index contributed by atoms with van der Waals surface area (Å²) in [6.45, 7) is 3.46. The number of imidazole rings is 1. The highest BCUT2D eigenvalue weighted by molar-refractivity contribution is 6.30. The van der Waals surface area contributed by atoms with E-state index in [0.29, 0.717) is 18.0 Å². The molecule has 30 heavy (non-hydrogen) atoms. The maximum atomic E-state index is 12.8. The molecule has 2 heterocycles. The molecule has 1 saturated heterocycles. The lowest BCUT2D eigenvalue weighted by Crippen LogP contribution is -2.24. The van der Waals surface area contributed by atoms with Crippen molar-refractivity contribution in [1.82, 2.24) is 9.55 Å². The molecule has 1 amide bonds. The molecule has 0 bridgehead atoms. The number of fused-ring (bicyclic) bond motifs is 1. The second kappa shape index (κ2) is 7.62. The van der Waals surface area contributed by atoms with Crippen molar-refractivity contribution < 1.29 is 4.79 Å². The number of aromatic nitrogens is 2. The van der Waals surface area contributed by atoms with E-state index in [-0.39, 0.29) is 11.8 Å². The molecule has 5 heteroatoms. The summed E-state index contributed by atoms with van der Waals surface area (Å²) in [5, 5.41) is 0.668. The van der Waals surface area contributed by atoms with Gasteiger partial charge >= 0.3 is 0 Å². The Bertz CT molecular complexity index is 1210. The van der Waals surface area contributed by atoms with Gasteiger partial charge in [0.25, 0.3) is 0 Å². The fourth-order valence-electron chi connectivity index (χ4n) is 4.20. The first-order valence-electron chi connectivity index (χ1n) is 10.1. The summed E-state index contributed by atoms with van der Waals surface area (Å²) in [5.74, 6) is 1.14. The highest BCUT2D eigenvalue weighted by atomic mass is 35.5. The highest BCUT2D eigenvalue weighted by Gasteiger charge is 2.34. The minimum atomic E-state index is 0.0472. The summed E-state index contributed by atoms with van der Waals surface area (Å²) in [6, 6.07) is 24.2. The molecule has 1 fully saturated rings. The smallest absolute Gasteiger partial charge is 0.227 e. The van der Waals surface area contributed by atoms with E-state index >= 15 is 0 Å². The van der Waals surface area contributed by atoms with Crippen LogP contribution in [0.25, 0.3) is 11.0 Å². The van der Waals surface area contributed by atoms with Crippen LogP contribution in [0.2, 0.25) is 5.02 Å². The van der Waals surface area contributed by atoms with Gasteiger partial charge in [-0.05, 0) is 48.9 Å². The number of anilines is 1. The molecule has 0 aliphatic carbocycles. The third-order valence-corrected chi connectivity index (χ3v) is 6.03. The van der Waals surface area contributed by atoms with Crippen molar-refractivity contribution >= 4 is 34.2 Å². The first kappa shape index (κ1) is 18.9. The van der Waals surface area contributed by atoms with Gasteiger partial charge in [0.15, 0.2) is 0 Å². The predicted molar refractivity (Wildman–Crippen MR) is 121 cm³/mol. The van der Waals surface area contributed by atoms with Crippen molar-refractivity contribution in [2.24, 2.45) is 0 Å². The molecule has 4 aromatic rings. The molecule has 4 nitrogen and oxygen atoms in total. The summed E-state index contributed by atoms with van der Waals surface area (Å²) >= 11 is 6.02. The minimum Gasteiger partial charge on any atom is -0.323 e. The number of hydrogen-bond donors (Lipinski definition) is 0. The Hall–Kier alpha value is -3.11. The molecule has 1 aromatic heterocycles. The summed E-state index contributed by atoms with van der Waals surface area (Å²) in [7, 11) is 0. The number of amides is 1. The van der Waals surface area contributed by atoms with Crippen molar-refractivity contribution in [3.05, 3.63) is 94.8 Å². The molecule has 0 radical (unpaired) electrons. The number of carbonyl (C=O) groups excluding carboxylic acids is 1. The lowest BCUT2D eigenvalue weighted by molar-refractivity contribution is -0.117. The molecule has 5 rings (SSSR count). The fourth-order valence-corrected chi connectivity index (χ4v) is 4.33.